The smallest absolute Gasteiger partial charge is 0.338 e. The van der Waals surface area contributed by atoms with Gasteiger partial charge in [-0.05, 0) is 29.8 Å². The van der Waals surface area contributed by atoms with Crippen molar-refractivity contribution in [3.05, 3.63) is 63.7 Å². The summed E-state index contributed by atoms with van der Waals surface area (Å²) in [6.07, 6.45) is 0. The summed E-state index contributed by atoms with van der Waals surface area (Å²) in [5.74, 6) is -0.621. The van der Waals surface area contributed by atoms with Crippen molar-refractivity contribution in [1.29, 1.82) is 0 Å². The molecule has 27 heavy (non-hydrogen) atoms. The van der Waals surface area contributed by atoms with E-state index >= 15 is 0 Å². The van der Waals surface area contributed by atoms with Gasteiger partial charge in [0.15, 0.2) is 12.4 Å². The lowest BCUT2D eigenvalue weighted by atomic mass is 10.2. The summed E-state index contributed by atoms with van der Waals surface area (Å²) in [5.41, 5.74) is 0.433. The fourth-order valence-corrected chi connectivity index (χ4v) is 2.17. The second kappa shape index (κ2) is 9.18. The highest BCUT2D eigenvalue weighted by molar-refractivity contribution is 5.92. The molecular formula is C18H18N2O7. The first-order valence-corrected chi connectivity index (χ1v) is 7.83. The fraction of sp³-hybridized carbons (Fsp3) is 0.222. The van der Waals surface area contributed by atoms with Crippen LogP contribution in [0.4, 0.5) is 5.69 Å². The van der Waals surface area contributed by atoms with Crippen LogP contribution in [0.15, 0.2) is 42.5 Å². The van der Waals surface area contributed by atoms with Crippen molar-refractivity contribution in [3.63, 3.8) is 0 Å². The Balaban J connectivity index is 1.88. The van der Waals surface area contributed by atoms with Gasteiger partial charge in [0, 0.05) is 12.6 Å². The zero-order valence-electron chi connectivity index (χ0n) is 14.8. The van der Waals surface area contributed by atoms with Gasteiger partial charge in [-0.15, -0.1) is 0 Å². The number of ether oxygens (including phenoxy) is 3. The van der Waals surface area contributed by atoms with E-state index in [1.165, 1.54) is 19.2 Å². The maximum absolute atomic E-state index is 12.0. The van der Waals surface area contributed by atoms with Crippen molar-refractivity contribution in [2.45, 2.75) is 6.54 Å². The molecule has 9 nitrogen and oxygen atoms in total. The SMILES string of the molecule is COc1ccc(CNC(=O)COC(=O)c2ccc(OC)c([N+](=O)[O-])c2)cc1. The predicted octanol–water partition coefficient (Wildman–Crippen LogP) is 2.09. The fourth-order valence-electron chi connectivity index (χ4n) is 2.17. The van der Waals surface area contributed by atoms with Crippen molar-refractivity contribution in [2.24, 2.45) is 0 Å². The summed E-state index contributed by atoms with van der Waals surface area (Å²) in [7, 11) is 2.84. The summed E-state index contributed by atoms with van der Waals surface area (Å²) in [5, 5.41) is 13.6. The van der Waals surface area contributed by atoms with Gasteiger partial charge in [0.05, 0.1) is 24.7 Å². The molecule has 0 saturated carbocycles. The van der Waals surface area contributed by atoms with Gasteiger partial charge in [0.2, 0.25) is 0 Å². The van der Waals surface area contributed by atoms with E-state index < -0.39 is 23.4 Å². The average Bonchev–Trinajstić information content (AvgIpc) is 2.70. The zero-order valence-corrected chi connectivity index (χ0v) is 14.8. The van der Waals surface area contributed by atoms with Gasteiger partial charge in [0.1, 0.15) is 5.75 Å². The van der Waals surface area contributed by atoms with Crippen LogP contribution < -0.4 is 14.8 Å². The van der Waals surface area contributed by atoms with Gasteiger partial charge in [-0.1, -0.05) is 12.1 Å². The Morgan fingerprint density at radius 1 is 1.07 bits per heavy atom. The highest BCUT2D eigenvalue weighted by atomic mass is 16.6. The molecule has 0 aliphatic heterocycles. The van der Waals surface area contributed by atoms with Gasteiger partial charge in [-0.3, -0.25) is 14.9 Å². The van der Waals surface area contributed by atoms with Crippen LogP contribution in [0.1, 0.15) is 15.9 Å². The normalized spacial score (nSPS) is 10.0. The molecule has 0 radical (unpaired) electrons. The molecule has 1 N–H and O–H groups in total. The first-order valence-electron chi connectivity index (χ1n) is 7.83. The Kier molecular flexibility index (Phi) is 6.70. The molecule has 1 amide bonds. The van der Waals surface area contributed by atoms with Crippen LogP contribution in [0.2, 0.25) is 0 Å². The van der Waals surface area contributed by atoms with Crippen molar-refractivity contribution in [3.8, 4) is 11.5 Å². The topological polar surface area (TPSA) is 117 Å². The molecule has 0 fully saturated rings. The summed E-state index contributed by atoms with van der Waals surface area (Å²) in [6, 6.07) is 10.8. The Morgan fingerprint density at radius 3 is 2.37 bits per heavy atom. The van der Waals surface area contributed by atoms with Crippen LogP contribution in [0, 0.1) is 10.1 Å². The van der Waals surface area contributed by atoms with Gasteiger partial charge in [0.25, 0.3) is 5.91 Å². The Hall–Kier alpha value is -3.62. The van der Waals surface area contributed by atoms with Crippen molar-refractivity contribution >= 4 is 17.6 Å². The van der Waals surface area contributed by atoms with Gasteiger partial charge < -0.3 is 19.5 Å². The number of methoxy groups -OCH3 is 2. The summed E-state index contributed by atoms with van der Waals surface area (Å²) >= 11 is 0. The third-order valence-electron chi connectivity index (χ3n) is 3.59. The maximum atomic E-state index is 12.0. The zero-order chi connectivity index (χ0) is 19.8. The molecule has 0 aliphatic rings. The molecule has 0 unspecified atom stereocenters. The second-order valence-corrected chi connectivity index (χ2v) is 5.34. The maximum Gasteiger partial charge on any atom is 0.338 e. The Bertz CT molecular complexity index is 834. The molecule has 0 spiro atoms. The predicted molar refractivity (Wildman–Crippen MR) is 94.8 cm³/mol. The number of carbonyl (C=O) groups excluding carboxylic acids is 2. The number of rotatable bonds is 8. The number of amides is 1. The van der Waals surface area contributed by atoms with Crippen LogP contribution >= 0.6 is 0 Å². The van der Waals surface area contributed by atoms with E-state index in [1.807, 2.05) is 0 Å². The molecule has 0 aliphatic carbocycles. The summed E-state index contributed by atoms with van der Waals surface area (Å²) in [4.78, 5) is 34.1. The quantitative estimate of drug-likeness (QED) is 0.427. The molecule has 2 aromatic carbocycles. The Labute approximate surface area is 155 Å². The molecule has 0 saturated heterocycles. The third-order valence-corrected chi connectivity index (χ3v) is 3.59. The molecule has 0 bridgehead atoms. The minimum absolute atomic E-state index is 0.0220. The molecule has 2 rings (SSSR count). The molecule has 0 aromatic heterocycles. The first kappa shape index (κ1) is 19.7. The molecule has 9 heteroatoms. The third kappa shape index (κ3) is 5.43. The average molecular weight is 374 g/mol. The lowest BCUT2D eigenvalue weighted by Gasteiger charge is -2.08. The van der Waals surface area contributed by atoms with E-state index in [2.05, 4.69) is 5.32 Å². The standard InChI is InChI=1S/C18H18N2O7/c1-25-14-6-3-12(4-7-14)10-19-17(21)11-27-18(22)13-5-8-16(26-2)15(9-13)20(23)24/h3-9H,10-11H2,1-2H3,(H,19,21). The van der Waals surface area contributed by atoms with E-state index in [4.69, 9.17) is 14.2 Å². The second-order valence-electron chi connectivity index (χ2n) is 5.34. The number of benzene rings is 2. The summed E-state index contributed by atoms with van der Waals surface area (Å²) in [6.45, 7) is -0.247. The van der Waals surface area contributed by atoms with Crippen LogP contribution in [0.5, 0.6) is 11.5 Å². The van der Waals surface area contributed by atoms with Crippen LogP contribution in [-0.4, -0.2) is 37.6 Å². The first-order chi connectivity index (χ1) is 12.9. The van der Waals surface area contributed by atoms with E-state index in [1.54, 1.807) is 31.4 Å². The molecule has 2 aromatic rings. The molecular weight excluding hydrogens is 356 g/mol. The van der Waals surface area contributed by atoms with Crippen LogP contribution in [-0.2, 0) is 16.1 Å². The molecule has 0 heterocycles. The van der Waals surface area contributed by atoms with Crippen molar-refractivity contribution in [1.82, 2.24) is 5.32 Å². The van der Waals surface area contributed by atoms with Gasteiger partial charge in [-0.25, -0.2) is 4.79 Å². The number of nitrogens with zero attached hydrogens (tertiary/aromatic N) is 1. The van der Waals surface area contributed by atoms with E-state index in [0.717, 1.165) is 11.6 Å². The number of hydrogen-bond donors (Lipinski definition) is 1. The number of hydrogen-bond acceptors (Lipinski definition) is 7. The largest absolute Gasteiger partial charge is 0.497 e. The number of nitro benzene ring substituents is 1. The monoisotopic (exact) mass is 374 g/mol. The number of carbonyl (C=O) groups is 2. The number of nitrogens with one attached hydrogen (secondary N) is 1. The van der Waals surface area contributed by atoms with E-state index in [-0.39, 0.29) is 23.5 Å². The Morgan fingerprint density at radius 2 is 1.78 bits per heavy atom. The van der Waals surface area contributed by atoms with Crippen LogP contribution in [0.25, 0.3) is 0 Å². The van der Waals surface area contributed by atoms with Crippen molar-refractivity contribution in [2.75, 3.05) is 20.8 Å². The van der Waals surface area contributed by atoms with E-state index in [0.29, 0.717) is 5.75 Å². The number of nitro groups is 1. The highest BCUT2D eigenvalue weighted by Gasteiger charge is 2.19. The molecule has 0 atom stereocenters. The minimum atomic E-state index is -0.847. The van der Waals surface area contributed by atoms with Crippen LogP contribution in [0.3, 0.4) is 0 Å². The highest BCUT2D eigenvalue weighted by Crippen LogP contribution is 2.27. The van der Waals surface area contributed by atoms with Gasteiger partial charge >= 0.3 is 11.7 Å². The lowest BCUT2D eigenvalue weighted by molar-refractivity contribution is -0.385. The van der Waals surface area contributed by atoms with Crippen molar-refractivity contribution < 1.29 is 28.7 Å². The summed E-state index contributed by atoms with van der Waals surface area (Å²) < 4.78 is 14.8. The lowest BCUT2D eigenvalue weighted by Crippen LogP contribution is -2.28. The van der Waals surface area contributed by atoms with Gasteiger partial charge in [-0.2, -0.15) is 0 Å². The van der Waals surface area contributed by atoms with E-state index in [9.17, 15) is 19.7 Å². The molecule has 142 valence electrons. The minimum Gasteiger partial charge on any atom is -0.497 e. The number of esters is 1.